The lowest BCUT2D eigenvalue weighted by molar-refractivity contribution is -0.135. The minimum atomic E-state index is 0.107. The lowest BCUT2D eigenvalue weighted by atomic mass is 9.99. The van der Waals surface area contributed by atoms with Crippen LogP contribution < -0.4 is 0 Å². The van der Waals surface area contributed by atoms with Crippen molar-refractivity contribution in [3.8, 4) is 0 Å². The van der Waals surface area contributed by atoms with E-state index in [-0.39, 0.29) is 11.8 Å². The van der Waals surface area contributed by atoms with E-state index in [1.807, 2.05) is 38.7 Å². The molecule has 1 amide bonds. The number of amides is 1. The summed E-state index contributed by atoms with van der Waals surface area (Å²) in [6, 6.07) is 8.39. The van der Waals surface area contributed by atoms with Crippen molar-refractivity contribution in [3.05, 3.63) is 35.4 Å². The molecule has 0 atom stereocenters. The summed E-state index contributed by atoms with van der Waals surface area (Å²) in [5, 5.41) is 0. The summed E-state index contributed by atoms with van der Waals surface area (Å²) in [4.78, 5) is 13.8. The van der Waals surface area contributed by atoms with E-state index in [1.54, 1.807) is 0 Å². The molecule has 1 aromatic rings. The van der Waals surface area contributed by atoms with Gasteiger partial charge in [0, 0.05) is 19.0 Å². The monoisotopic (exact) mass is 233 g/mol. The van der Waals surface area contributed by atoms with Gasteiger partial charge in [-0.15, -0.1) is 0 Å². The lowest BCUT2D eigenvalue weighted by Gasteiger charge is -2.30. The van der Waals surface area contributed by atoms with Crippen LogP contribution in [0.1, 0.15) is 38.8 Å². The van der Waals surface area contributed by atoms with Gasteiger partial charge in [-0.3, -0.25) is 4.79 Å². The van der Waals surface area contributed by atoms with Crippen molar-refractivity contribution in [2.75, 3.05) is 6.54 Å². The molecule has 1 aliphatic heterocycles. The molecular formula is C15H23NO. The standard InChI is InChI=1S/C13H17NO.C2H6/c1-10(2)13(15)14-8-7-11-5-3-4-6-12(11)9-14;1-2/h3-6,10H,7-9H2,1-2H3;1-2H3. The Kier molecular flexibility index (Phi) is 5.20. The average Bonchev–Trinajstić information content (AvgIpc) is 2.39. The van der Waals surface area contributed by atoms with Crippen molar-refractivity contribution in [2.24, 2.45) is 5.92 Å². The highest BCUT2D eigenvalue weighted by atomic mass is 16.2. The second-order valence-electron chi connectivity index (χ2n) is 4.43. The quantitative estimate of drug-likeness (QED) is 0.729. The summed E-state index contributed by atoms with van der Waals surface area (Å²) in [7, 11) is 0. The van der Waals surface area contributed by atoms with Crippen LogP contribution in [0, 0.1) is 5.92 Å². The van der Waals surface area contributed by atoms with E-state index in [4.69, 9.17) is 0 Å². The van der Waals surface area contributed by atoms with Crippen molar-refractivity contribution < 1.29 is 4.79 Å². The zero-order chi connectivity index (χ0) is 12.8. The highest BCUT2D eigenvalue weighted by Crippen LogP contribution is 2.19. The third-order valence-corrected chi connectivity index (χ3v) is 2.94. The third-order valence-electron chi connectivity index (χ3n) is 2.94. The molecule has 2 rings (SSSR count). The summed E-state index contributed by atoms with van der Waals surface area (Å²) >= 11 is 0. The molecule has 0 aliphatic carbocycles. The number of nitrogens with zero attached hydrogens (tertiary/aromatic N) is 1. The van der Waals surface area contributed by atoms with Crippen molar-refractivity contribution in [3.63, 3.8) is 0 Å². The van der Waals surface area contributed by atoms with Gasteiger partial charge >= 0.3 is 0 Å². The molecule has 0 saturated carbocycles. The Labute approximate surface area is 105 Å². The van der Waals surface area contributed by atoms with Gasteiger partial charge in [0.15, 0.2) is 0 Å². The highest BCUT2D eigenvalue weighted by Gasteiger charge is 2.21. The van der Waals surface area contributed by atoms with E-state index < -0.39 is 0 Å². The van der Waals surface area contributed by atoms with Crippen molar-refractivity contribution in [1.82, 2.24) is 4.90 Å². The van der Waals surface area contributed by atoms with Crippen molar-refractivity contribution >= 4 is 5.91 Å². The first-order chi connectivity index (χ1) is 8.18. The maximum Gasteiger partial charge on any atom is 0.225 e. The summed E-state index contributed by atoms with van der Waals surface area (Å²) in [5.41, 5.74) is 2.70. The van der Waals surface area contributed by atoms with Crippen LogP contribution in [0.15, 0.2) is 24.3 Å². The van der Waals surface area contributed by atoms with Crippen LogP contribution in [-0.2, 0) is 17.8 Å². The summed E-state index contributed by atoms with van der Waals surface area (Å²) in [6.45, 7) is 9.58. The molecule has 1 aliphatic rings. The van der Waals surface area contributed by atoms with Crippen LogP contribution in [0.5, 0.6) is 0 Å². The molecule has 2 heteroatoms. The van der Waals surface area contributed by atoms with Crippen LogP contribution in [0.4, 0.5) is 0 Å². The number of carbonyl (C=O) groups excluding carboxylic acids is 1. The van der Waals surface area contributed by atoms with Crippen LogP contribution in [0.3, 0.4) is 0 Å². The summed E-state index contributed by atoms with van der Waals surface area (Å²) in [6.07, 6.45) is 0.995. The smallest absolute Gasteiger partial charge is 0.225 e. The van der Waals surface area contributed by atoms with E-state index in [0.717, 1.165) is 19.5 Å². The molecule has 0 unspecified atom stereocenters. The normalized spacial score (nSPS) is 13.8. The zero-order valence-corrected chi connectivity index (χ0v) is 11.4. The first-order valence-electron chi connectivity index (χ1n) is 6.54. The first-order valence-corrected chi connectivity index (χ1v) is 6.54. The van der Waals surface area contributed by atoms with E-state index >= 15 is 0 Å². The fourth-order valence-electron chi connectivity index (χ4n) is 2.05. The molecule has 0 fully saturated rings. The van der Waals surface area contributed by atoms with Crippen LogP contribution >= 0.6 is 0 Å². The van der Waals surface area contributed by atoms with Gasteiger partial charge in [0.1, 0.15) is 0 Å². The fourth-order valence-corrected chi connectivity index (χ4v) is 2.05. The van der Waals surface area contributed by atoms with Crippen molar-refractivity contribution in [2.45, 2.75) is 40.7 Å². The fraction of sp³-hybridized carbons (Fsp3) is 0.533. The number of fused-ring (bicyclic) bond motifs is 1. The topological polar surface area (TPSA) is 20.3 Å². The summed E-state index contributed by atoms with van der Waals surface area (Å²) in [5.74, 6) is 0.375. The van der Waals surface area contributed by atoms with E-state index in [0.29, 0.717) is 0 Å². The van der Waals surface area contributed by atoms with Gasteiger partial charge in [0.05, 0.1) is 0 Å². The van der Waals surface area contributed by atoms with Gasteiger partial charge in [-0.25, -0.2) is 0 Å². The Morgan fingerprint density at radius 3 is 2.35 bits per heavy atom. The molecule has 94 valence electrons. The lowest BCUT2D eigenvalue weighted by Crippen LogP contribution is -2.38. The third kappa shape index (κ3) is 3.32. The number of carbonyl (C=O) groups is 1. The minimum absolute atomic E-state index is 0.107. The molecule has 1 aromatic carbocycles. The predicted molar refractivity (Wildman–Crippen MR) is 71.7 cm³/mol. The predicted octanol–water partition coefficient (Wildman–Crippen LogP) is 3.25. The molecular weight excluding hydrogens is 210 g/mol. The van der Waals surface area contributed by atoms with E-state index in [2.05, 4.69) is 18.2 Å². The Bertz CT molecular complexity index is 371. The second-order valence-corrected chi connectivity index (χ2v) is 4.43. The number of benzene rings is 1. The SMILES string of the molecule is CC.CC(C)C(=O)N1CCc2ccccc2C1. The van der Waals surface area contributed by atoms with E-state index in [9.17, 15) is 4.79 Å². The Morgan fingerprint density at radius 2 is 1.76 bits per heavy atom. The highest BCUT2D eigenvalue weighted by molar-refractivity contribution is 5.78. The Hall–Kier alpha value is -1.31. The molecule has 0 radical (unpaired) electrons. The maximum absolute atomic E-state index is 11.8. The molecule has 0 N–H and O–H groups in total. The number of rotatable bonds is 1. The minimum Gasteiger partial charge on any atom is -0.338 e. The molecule has 0 bridgehead atoms. The van der Waals surface area contributed by atoms with Gasteiger partial charge in [-0.1, -0.05) is 52.0 Å². The van der Waals surface area contributed by atoms with Gasteiger partial charge in [0.2, 0.25) is 5.91 Å². The molecule has 2 nitrogen and oxygen atoms in total. The molecule has 0 saturated heterocycles. The Balaban J connectivity index is 0.000000686. The van der Waals surface area contributed by atoms with E-state index in [1.165, 1.54) is 11.1 Å². The zero-order valence-electron chi connectivity index (χ0n) is 11.4. The van der Waals surface area contributed by atoms with Crippen LogP contribution in [-0.4, -0.2) is 17.4 Å². The molecule has 1 heterocycles. The number of hydrogen-bond acceptors (Lipinski definition) is 1. The number of hydrogen-bond donors (Lipinski definition) is 0. The first kappa shape index (κ1) is 13.8. The summed E-state index contributed by atoms with van der Waals surface area (Å²) < 4.78 is 0. The van der Waals surface area contributed by atoms with Gasteiger partial charge in [-0.2, -0.15) is 0 Å². The molecule has 17 heavy (non-hydrogen) atoms. The second kappa shape index (κ2) is 6.43. The van der Waals surface area contributed by atoms with Gasteiger partial charge in [-0.05, 0) is 17.5 Å². The molecule has 0 aromatic heterocycles. The average molecular weight is 233 g/mol. The van der Waals surface area contributed by atoms with Gasteiger partial charge in [0.25, 0.3) is 0 Å². The van der Waals surface area contributed by atoms with Crippen molar-refractivity contribution in [1.29, 1.82) is 0 Å². The van der Waals surface area contributed by atoms with Gasteiger partial charge < -0.3 is 4.90 Å². The van der Waals surface area contributed by atoms with Crippen LogP contribution in [0.25, 0.3) is 0 Å². The molecule has 0 spiro atoms. The largest absolute Gasteiger partial charge is 0.338 e. The maximum atomic E-state index is 11.8. The Morgan fingerprint density at radius 1 is 1.18 bits per heavy atom. The van der Waals surface area contributed by atoms with Crippen LogP contribution in [0.2, 0.25) is 0 Å².